The van der Waals surface area contributed by atoms with Crippen LogP contribution in [0.3, 0.4) is 0 Å². The van der Waals surface area contributed by atoms with Gasteiger partial charge in [0, 0.05) is 6.07 Å². The Balaban J connectivity index is 1.39. The maximum absolute atomic E-state index is 13.3. The summed E-state index contributed by atoms with van der Waals surface area (Å²) in [6, 6.07) is 6.04. The smallest absolute Gasteiger partial charge is 0.186 e. The van der Waals surface area contributed by atoms with Gasteiger partial charge in [0.05, 0.1) is 38.9 Å². The second-order valence-corrected chi connectivity index (χ2v) is 11.0. The number of methoxy groups -OCH3 is 2. The Morgan fingerprint density at radius 2 is 1.52 bits per heavy atom. The van der Waals surface area contributed by atoms with Crippen molar-refractivity contribution in [2.75, 3.05) is 20.8 Å². The molecule has 5 rings (SSSR count). The Hall–Kier alpha value is -3.25. The molecule has 15 heteroatoms. The molecular formula is C29H36O15. The third-order valence-corrected chi connectivity index (χ3v) is 8.21. The number of carbonyl (C=O) groups excluding carboxylic acids is 1. The summed E-state index contributed by atoms with van der Waals surface area (Å²) in [5.41, 5.74) is -0.145. The summed E-state index contributed by atoms with van der Waals surface area (Å²) in [6.07, 6.45) is -16.5. The van der Waals surface area contributed by atoms with Gasteiger partial charge in [-0.1, -0.05) is 6.07 Å². The molecule has 0 spiro atoms. The molecule has 3 aliphatic heterocycles. The van der Waals surface area contributed by atoms with Crippen molar-refractivity contribution in [3.05, 3.63) is 41.0 Å². The zero-order valence-corrected chi connectivity index (χ0v) is 24.0. The van der Waals surface area contributed by atoms with E-state index in [9.17, 15) is 45.6 Å². The minimum Gasteiger partial charge on any atom is -0.507 e. The van der Waals surface area contributed by atoms with Crippen molar-refractivity contribution in [2.45, 2.75) is 80.7 Å². The van der Waals surface area contributed by atoms with E-state index in [0.717, 1.165) is 6.07 Å². The summed E-state index contributed by atoms with van der Waals surface area (Å²) in [4.78, 5) is 13.3. The van der Waals surface area contributed by atoms with E-state index in [2.05, 4.69) is 0 Å². The Labute approximate surface area is 251 Å². The van der Waals surface area contributed by atoms with Gasteiger partial charge in [-0.25, -0.2) is 0 Å². The number of Topliss-reactive ketones (excluding diaryl/α,β-unsaturated/α-hetero) is 1. The summed E-state index contributed by atoms with van der Waals surface area (Å²) >= 11 is 0. The SMILES string of the molecule is COc1ccc(C2CC(=O)c3c(cc(O)c(C4OC(COC5OC(C)C(O)C(O)C5O)C(O)C(O)C4O)c3O)O2)cc1OC. The summed E-state index contributed by atoms with van der Waals surface area (Å²) in [7, 11) is 2.94. The first-order valence-electron chi connectivity index (χ1n) is 13.9. The number of aliphatic hydroxyl groups excluding tert-OH is 6. The molecule has 2 aromatic carbocycles. The van der Waals surface area contributed by atoms with Crippen molar-refractivity contribution in [3.8, 4) is 28.7 Å². The van der Waals surface area contributed by atoms with Gasteiger partial charge >= 0.3 is 0 Å². The van der Waals surface area contributed by atoms with E-state index in [4.69, 9.17) is 28.4 Å². The largest absolute Gasteiger partial charge is 0.507 e. The molecule has 2 fully saturated rings. The van der Waals surface area contributed by atoms with Crippen LogP contribution in [-0.2, 0) is 14.2 Å². The van der Waals surface area contributed by atoms with Gasteiger partial charge in [-0.15, -0.1) is 0 Å². The normalized spacial score (nSPS) is 35.5. The fraction of sp³-hybridized carbons (Fsp3) is 0.552. The zero-order chi connectivity index (χ0) is 32.0. The highest BCUT2D eigenvalue weighted by molar-refractivity contribution is 6.03. The van der Waals surface area contributed by atoms with Crippen molar-refractivity contribution >= 4 is 5.78 Å². The fourth-order valence-electron chi connectivity index (χ4n) is 5.66. The molecular weight excluding hydrogens is 588 g/mol. The molecule has 242 valence electrons. The molecule has 0 saturated carbocycles. The monoisotopic (exact) mass is 624 g/mol. The Kier molecular flexibility index (Phi) is 9.23. The van der Waals surface area contributed by atoms with Crippen molar-refractivity contribution < 1.29 is 74.1 Å². The molecule has 44 heavy (non-hydrogen) atoms. The number of carbonyl (C=O) groups is 1. The molecule has 0 aromatic heterocycles. The van der Waals surface area contributed by atoms with E-state index in [1.54, 1.807) is 18.2 Å². The van der Waals surface area contributed by atoms with E-state index in [1.165, 1.54) is 21.1 Å². The molecule has 11 unspecified atom stereocenters. The number of aromatic hydroxyl groups is 2. The molecule has 0 bridgehead atoms. The van der Waals surface area contributed by atoms with Crippen LogP contribution in [-0.4, -0.2) is 123 Å². The van der Waals surface area contributed by atoms with Crippen LogP contribution in [0.1, 0.15) is 47.0 Å². The first kappa shape index (κ1) is 32.2. The molecule has 2 aromatic rings. The average Bonchev–Trinajstić information content (AvgIpc) is 3.00. The second kappa shape index (κ2) is 12.6. The summed E-state index contributed by atoms with van der Waals surface area (Å²) in [6.45, 7) is 0.890. The summed E-state index contributed by atoms with van der Waals surface area (Å²) in [5, 5.41) is 84.2. The molecule has 8 N–H and O–H groups in total. The number of hydrogen-bond donors (Lipinski definition) is 8. The number of ether oxygens (including phenoxy) is 6. The van der Waals surface area contributed by atoms with E-state index < -0.39 is 96.8 Å². The van der Waals surface area contributed by atoms with Crippen LogP contribution < -0.4 is 14.2 Å². The van der Waals surface area contributed by atoms with Crippen LogP contribution >= 0.6 is 0 Å². The van der Waals surface area contributed by atoms with Gasteiger partial charge in [0.15, 0.2) is 23.6 Å². The van der Waals surface area contributed by atoms with Crippen molar-refractivity contribution in [3.63, 3.8) is 0 Å². The van der Waals surface area contributed by atoms with E-state index >= 15 is 0 Å². The molecule has 15 nitrogen and oxygen atoms in total. The summed E-state index contributed by atoms with van der Waals surface area (Å²) < 4.78 is 33.1. The second-order valence-electron chi connectivity index (χ2n) is 11.0. The van der Waals surface area contributed by atoms with Gasteiger partial charge in [0.1, 0.15) is 77.7 Å². The van der Waals surface area contributed by atoms with Gasteiger partial charge in [0.2, 0.25) is 0 Å². The lowest BCUT2D eigenvalue weighted by Gasteiger charge is -2.43. The van der Waals surface area contributed by atoms with Crippen LogP contribution in [0, 0.1) is 0 Å². The number of phenolic OH excluding ortho intramolecular Hbond substituents is 2. The maximum atomic E-state index is 13.3. The Morgan fingerprint density at radius 3 is 2.20 bits per heavy atom. The number of hydrogen-bond acceptors (Lipinski definition) is 15. The number of benzene rings is 2. The molecule has 11 atom stereocenters. The number of ketones is 1. The molecule has 2 saturated heterocycles. The van der Waals surface area contributed by atoms with Crippen LogP contribution in [0.25, 0.3) is 0 Å². The minimum atomic E-state index is -1.87. The Bertz CT molecular complexity index is 1370. The summed E-state index contributed by atoms with van der Waals surface area (Å²) in [5.74, 6) is -1.19. The molecule has 0 amide bonds. The van der Waals surface area contributed by atoms with Crippen molar-refractivity contribution in [1.29, 1.82) is 0 Å². The zero-order valence-electron chi connectivity index (χ0n) is 24.0. The molecule has 0 aliphatic carbocycles. The Morgan fingerprint density at radius 1 is 0.841 bits per heavy atom. The van der Waals surface area contributed by atoms with Crippen LogP contribution in [0.5, 0.6) is 28.7 Å². The third-order valence-electron chi connectivity index (χ3n) is 8.21. The van der Waals surface area contributed by atoms with E-state index in [0.29, 0.717) is 17.1 Å². The predicted molar refractivity (Wildman–Crippen MR) is 146 cm³/mol. The topological polar surface area (TPSA) is 234 Å². The van der Waals surface area contributed by atoms with Gasteiger partial charge < -0.3 is 69.3 Å². The van der Waals surface area contributed by atoms with Crippen molar-refractivity contribution in [1.82, 2.24) is 0 Å². The number of rotatable bonds is 7. The highest BCUT2D eigenvalue weighted by Crippen LogP contribution is 2.49. The maximum Gasteiger partial charge on any atom is 0.186 e. The lowest BCUT2D eigenvalue weighted by molar-refractivity contribution is -0.308. The first-order chi connectivity index (χ1) is 20.9. The lowest BCUT2D eigenvalue weighted by atomic mass is 9.87. The fourth-order valence-corrected chi connectivity index (χ4v) is 5.66. The number of fused-ring (bicyclic) bond motifs is 1. The van der Waals surface area contributed by atoms with E-state index in [-0.39, 0.29) is 17.7 Å². The number of phenols is 2. The van der Waals surface area contributed by atoms with Gasteiger partial charge in [0.25, 0.3) is 0 Å². The number of aliphatic hydroxyl groups is 6. The van der Waals surface area contributed by atoms with Crippen LogP contribution in [0.4, 0.5) is 0 Å². The highest BCUT2D eigenvalue weighted by atomic mass is 16.7. The molecule has 0 radical (unpaired) electrons. The molecule has 3 heterocycles. The quantitative estimate of drug-likeness (QED) is 0.188. The average molecular weight is 625 g/mol. The van der Waals surface area contributed by atoms with Crippen LogP contribution in [0.2, 0.25) is 0 Å². The van der Waals surface area contributed by atoms with Gasteiger partial charge in [-0.2, -0.15) is 0 Å². The predicted octanol–water partition coefficient (Wildman–Crippen LogP) is -0.812. The molecule has 3 aliphatic rings. The van der Waals surface area contributed by atoms with Crippen LogP contribution in [0.15, 0.2) is 24.3 Å². The first-order valence-corrected chi connectivity index (χ1v) is 13.9. The van der Waals surface area contributed by atoms with Gasteiger partial charge in [-0.05, 0) is 24.6 Å². The standard InChI is InChI=1S/C29H36O15/c1-10-21(32)24(35)27(38)29(42-10)41-9-18-22(33)25(36)26(37)28(44-18)20-13(31)8-17-19(23(20)34)12(30)7-15(43-17)11-4-5-14(39-2)16(6-11)40-3/h4-6,8,10,15,18,21-22,24-29,31-38H,7,9H2,1-3H3. The van der Waals surface area contributed by atoms with Crippen molar-refractivity contribution in [2.24, 2.45) is 0 Å². The van der Waals surface area contributed by atoms with E-state index in [1.807, 2.05) is 0 Å². The minimum absolute atomic E-state index is 0.135. The highest BCUT2D eigenvalue weighted by Gasteiger charge is 2.49. The van der Waals surface area contributed by atoms with Gasteiger partial charge in [-0.3, -0.25) is 4.79 Å². The third kappa shape index (κ3) is 5.66. The lowest BCUT2D eigenvalue weighted by Crippen LogP contribution is -2.59.